The van der Waals surface area contributed by atoms with Gasteiger partial charge in [0.05, 0.1) is 0 Å². The van der Waals surface area contributed by atoms with Gasteiger partial charge < -0.3 is 10.6 Å². The lowest BCUT2D eigenvalue weighted by molar-refractivity contribution is 0.301. The summed E-state index contributed by atoms with van der Waals surface area (Å²) in [6.45, 7) is 0. The van der Waals surface area contributed by atoms with Crippen molar-refractivity contribution in [1.82, 2.24) is 9.88 Å². The van der Waals surface area contributed by atoms with Crippen molar-refractivity contribution < 1.29 is 0 Å². The Bertz CT molecular complexity index is 524. The van der Waals surface area contributed by atoms with Crippen LogP contribution in [-0.2, 0) is 6.42 Å². The zero-order valence-corrected chi connectivity index (χ0v) is 12.0. The number of nitrogens with two attached hydrogens (primary N) is 1. The summed E-state index contributed by atoms with van der Waals surface area (Å²) < 4.78 is 0. The second-order valence-electron chi connectivity index (χ2n) is 4.38. The molecule has 0 saturated heterocycles. The molecular formula is C13H16ClN3S. The van der Waals surface area contributed by atoms with Crippen LogP contribution in [0.4, 0.5) is 5.13 Å². The molecule has 0 fully saturated rings. The summed E-state index contributed by atoms with van der Waals surface area (Å²) in [7, 11) is 4.11. The van der Waals surface area contributed by atoms with Crippen LogP contribution >= 0.6 is 22.9 Å². The number of halogens is 1. The van der Waals surface area contributed by atoms with Crippen LogP contribution in [0.3, 0.4) is 0 Å². The molecule has 0 spiro atoms. The normalized spacial score (nSPS) is 12.9. The second kappa shape index (κ2) is 5.69. The average Bonchev–Trinajstić information content (AvgIpc) is 2.74. The number of likely N-dealkylation sites (N-methyl/N-ethyl adjacent to an activating group) is 1. The highest BCUT2D eigenvalue weighted by molar-refractivity contribution is 7.15. The molecule has 0 bridgehead atoms. The molecule has 96 valence electrons. The molecule has 0 aliphatic heterocycles. The molecule has 2 N–H and O–H groups in total. The standard InChI is InChI=1S/C13H16ClN3S/c1-17(2)11(12-8-16-13(15)18-12)7-9-5-3-4-6-10(9)14/h3-6,8,11H,7H2,1-2H3,(H2,15,16). The minimum absolute atomic E-state index is 0.250. The lowest BCUT2D eigenvalue weighted by Crippen LogP contribution is -2.21. The van der Waals surface area contributed by atoms with Crippen molar-refractivity contribution in [3.05, 3.63) is 45.9 Å². The second-order valence-corrected chi connectivity index (χ2v) is 5.88. The SMILES string of the molecule is CN(C)C(Cc1ccccc1Cl)c1cnc(N)s1. The molecule has 1 aromatic heterocycles. The highest BCUT2D eigenvalue weighted by Crippen LogP contribution is 2.30. The number of aromatic nitrogens is 1. The Kier molecular flexibility index (Phi) is 4.22. The quantitative estimate of drug-likeness (QED) is 0.936. The molecule has 3 nitrogen and oxygen atoms in total. The Morgan fingerprint density at radius 2 is 2.11 bits per heavy atom. The number of nitrogens with zero attached hydrogens (tertiary/aromatic N) is 2. The maximum absolute atomic E-state index is 6.21. The van der Waals surface area contributed by atoms with E-state index in [4.69, 9.17) is 17.3 Å². The van der Waals surface area contributed by atoms with Crippen molar-refractivity contribution in [3.8, 4) is 0 Å². The van der Waals surface area contributed by atoms with Gasteiger partial charge in [0.15, 0.2) is 5.13 Å². The first-order valence-electron chi connectivity index (χ1n) is 5.69. The van der Waals surface area contributed by atoms with Gasteiger partial charge in [0.25, 0.3) is 0 Å². The summed E-state index contributed by atoms with van der Waals surface area (Å²) in [5.41, 5.74) is 6.85. The summed E-state index contributed by atoms with van der Waals surface area (Å²) >= 11 is 7.74. The van der Waals surface area contributed by atoms with Gasteiger partial charge in [-0.1, -0.05) is 29.8 Å². The number of anilines is 1. The predicted octanol–water partition coefficient (Wildman–Crippen LogP) is 3.22. The van der Waals surface area contributed by atoms with Crippen LogP contribution in [-0.4, -0.2) is 24.0 Å². The Hall–Kier alpha value is -1.10. The third-order valence-electron chi connectivity index (χ3n) is 2.86. The van der Waals surface area contributed by atoms with E-state index in [-0.39, 0.29) is 6.04 Å². The van der Waals surface area contributed by atoms with Crippen molar-refractivity contribution in [1.29, 1.82) is 0 Å². The summed E-state index contributed by atoms with van der Waals surface area (Å²) in [6.07, 6.45) is 2.70. The van der Waals surface area contributed by atoms with Crippen LogP contribution in [0, 0.1) is 0 Å². The fourth-order valence-electron chi connectivity index (χ4n) is 1.86. The zero-order chi connectivity index (χ0) is 13.1. The molecule has 5 heteroatoms. The largest absolute Gasteiger partial charge is 0.375 e. The van der Waals surface area contributed by atoms with Crippen LogP contribution < -0.4 is 5.73 Å². The lowest BCUT2D eigenvalue weighted by Gasteiger charge is -2.23. The Morgan fingerprint density at radius 3 is 2.67 bits per heavy atom. The maximum Gasteiger partial charge on any atom is 0.180 e. The van der Waals surface area contributed by atoms with Gasteiger partial charge in [-0.25, -0.2) is 4.98 Å². The van der Waals surface area contributed by atoms with Crippen molar-refractivity contribution >= 4 is 28.1 Å². The third kappa shape index (κ3) is 3.02. The van der Waals surface area contributed by atoms with Gasteiger partial charge >= 0.3 is 0 Å². The Balaban J connectivity index is 2.25. The van der Waals surface area contributed by atoms with Gasteiger partial charge in [-0.15, -0.1) is 11.3 Å². The van der Waals surface area contributed by atoms with E-state index in [9.17, 15) is 0 Å². The van der Waals surface area contributed by atoms with E-state index in [1.807, 2.05) is 24.4 Å². The smallest absolute Gasteiger partial charge is 0.180 e. The summed E-state index contributed by atoms with van der Waals surface area (Å²) in [4.78, 5) is 7.45. The molecule has 0 aliphatic carbocycles. The highest BCUT2D eigenvalue weighted by atomic mass is 35.5. The fraction of sp³-hybridized carbons (Fsp3) is 0.308. The number of rotatable bonds is 4. The molecule has 1 heterocycles. The first-order valence-corrected chi connectivity index (χ1v) is 6.88. The Labute approximate surface area is 116 Å². The van der Waals surface area contributed by atoms with Crippen molar-refractivity contribution in [2.24, 2.45) is 0 Å². The number of thiazole rings is 1. The minimum Gasteiger partial charge on any atom is -0.375 e. The molecule has 2 aromatic rings. The molecule has 0 radical (unpaired) electrons. The molecule has 2 rings (SSSR count). The number of benzene rings is 1. The van der Waals surface area contributed by atoms with Gasteiger partial charge in [-0.05, 0) is 32.1 Å². The van der Waals surface area contributed by atoms with E-state index in [2.05, 4.69) is 30.0 Å². The number of nitrogen functional groups attached to an aromatic ring is 1. The molecule has 1 aromatic carbocycles. The van der Waals surface area contributed by atoms with E-state index in [1.54, 1.807) is 0 Å². The van der Waals surface area contributed by atoms with E-state index in [0.29, 0.717) is 5.13 Å². The molecule has 18 heavy (non-hydrogen) atoms. The lowest BCUT2D eigenvalue weighted by atomic mass is 10.0. The maximum atomic E-state index is 6.21. The molecular weight excluding hydrogens is 266 g/mol. The van der Waals surface area contributed by atoms with Gasteiger partial charge in [-0.3, -0.25) is 0 Å². The zero-order valence-electron chi connectivity index (χ0n) is 10.4. The van der Waals surface area contributed by atoms with Crippen LogP contribution in [0.2, 0.25) is 5.02 Å². The summed E-state index contributed by atoms with van der Waals surface area (Å²) in [6, 6.07) is 8.18. The van der Waals surface area contributed by atoms with Gasteiger partial charge in [0.1, 0.15) is 0 Å². The highest BCUT2D eigenvalue weighted by Gasteiger charge is 2.18. The minimum atomic E-state index is 0.250. The van der Waals surface area contributed by atoms with E-state index < -0.39 is 0 Å². The monoisotopic (exact) mass is 281 g/mol. The first-order chi connectivity index (χ1) is 8.58. The number of hydrogen-bond donors (Lipinski definition) is 1. The molecule has 1 atom stereocenters. The van der Waals surface area contributed by atoms with Crippen LogP contribution in [0.25, 0.3) is 0 Å². The van der Waals surface area contributed by atoms with Crippen LogP contribution in [0.15, 0.2) is 30.5 Å². The molecule has 1 unspecified atom stereocenters. The van der Waals surface area contributed by atoms with Crippen LogP contribution in [0.1, 0.15) is 16.5 Å². The summed E-state index contributed by atoms with van der Waals surface area (Å²) in [5.74, 6) is 0. The van der Waals surface area contributed by atoms with Crippen molar-refractivity contribution in [3.63, 3.8) is 0 Å². The predicted molar refractivity (Wildman–Crippen MR) is 78.1 cm³/mol. The van der Waals surface area contributed by atoms with Crippen LogP contribution in [0.5, 0.6) is 0 Å². The van der Waals surface area contributed by atoms with Gasteiger partial charge in [0.2, 0.25) is 0 Å². The van der Waals surface area contributed by atoms with E-state index >= 15 is 0 Å². The third-order valence-corrected chi connectivity index (χ3v) is 4.16. The Morgan fingerprint density at radius 1 is 1.39 bits per heavy atom. The molecule has 0 saturated carbocycles. The van der Waals surface area contributed by atoms with Crippen molar-refractivity contribution in [2.75, 3.05) is 19.8 Å². The number of hydrogen-bond acceptors (Lipinski definition) is 4. The first kappa shape index (κ1) is 13.3. The molecule has 0 amide bonds. The molecule has 0 aliphatic rings. The van der Waals surface area contributed by atoms with Gasteiger partial charge in [0, 0.05) is 22.1 Å². The topological polar surface area (TPSA) is 42.2 Å². The van der Waals surface area contributed by atoms with Crippen molar-refractivity contribution in [2.45, 2.75) is 12.5 Å². The van der Waals surface area contributed by atoms with Gasteiger partial charge in [-0.2, -0.15) is 0 Å². The fourth-order valence-corrected chi connectivity index (χ4v) is 2.96. The van der Waals surface area contributed by atoms with E-state index in [0.717, 1.165) is 21.9 Å². The summed E-state index contributed by atoms with van der Waals surface area (Å²) in [5, 5.41) is 1.41. The average molecular weight is 282 g/mol. The van der Waals surface area contributed by atoms with E-state index in [1.165, 1.54) is 11.3 Å².